The third-order valence-corrected chi connectivity index (χ3v) is 5.82. The van der Waals surface area contributed by atoms with E-state index in [0.717, 1.165) is 63.2 Å². The Kier molecular flexibility index (Phi) is 7.92. The van der Waals surface area contributed by atoms with Gasteiger partial charge in [0.1, 0.15) is 12.2 Å². The second kappa shape index (κ2) is 9.94. The van der Waals surface area contributed by atoms with E-state index in [1.807, 2.05) is 0 Å². The van der Waals surface area contributed by atoms with Crippen LogP contribution in [0.5, 0.6) is 0 Å². The van der Waals surface area contributed by atoms with Gasteiger partial charge in [-0.15, -0.1) is 0 Å². The molecule has 0 N–H and O–H groups in total. The average Bonchev–Trinajstić information content (AvgIpc) is 2.62. The van der Waals surface area contributed by atoms with Crippen LogP contribution in [0.2, 0.25) is 0 Å². The number of hydrogen-bond donors (Lipinski definition) is 0. The summed E-state index contributed by atoms with van der Waals surface area (Å²) >= 11 is 0. The lowest BCUT2D eigenvalue weighted by molar-refractivity contribution is -0.147. The molecule has 0 amide bonds. The zero-order valence-electron chi connectivity index (χ0n) is 16.4. The van der Waals surface area contributed by atoms with E-state index in [1.165, 1.54) is 12.8 Å². The average molecular weight is 363 g/mol. The summed E-state index contributed by atoms with van der Waals surface area (Å²) in [5.74, 6) is 1.01. The Bertz CT molecular complexity index is 472. The first-order valence-corrected chi connectivity index (χ1v) is 10.1. The minimum Gasteiger partial charge on any atom is -0.459 e. The summed E-state index contributed by atoms with van der Waals surface area (Å²) in [7, 11) is 0. The normalized spacial score (nSPS) is 28.8. The minimum atomic E-state index is -0.252. The van der Waals surface area contributed by atoms with E-state index in [-0.39, 0.29) is 24.1 Å². The maximum absolute atomic E-state index is 11.6. The second-order valence-electron chi connectivity index (χ2n) is 8.23. The molecule has 0 unspecified atom stereocenters. The van der Waals surface area contributed by atoms with E-state index in [9.17, 15) is 9.59 Å². The van der Waals surface area contributed by atoms with Gasteiger partial charge in [-0.05, 0) is 77.0 Å². The molecule has 4 nitrogen and oxygen atoms in total. The first kappa shape index (κ1) is 20.7. The Morgan fingerprint density at radius 2 is 1.00 bits per heavy atom. The molecule has 0 bridgehead atoms. The summed E-state index contributed by atoms with van der Waals surface area (Å²) in [4.78, 5) is 23.2. The second-order valence-corrected chi connectivity index (χ2v) is 8.23. The first-order valence-electron chi connectivity index (χ1n) is 10.1. The predicted octanol–water partition coefficient (Wildman–Crippen LogP) is 5.12. The van der Waals surface area contributed by atoms with Crippen LogP contribution in [0.1, 0.15) is 78.1 Å². The van der Waals surface area contributed by atoms with Gasteiger partial charge in [0.15, 0.2) is 0 Å². The summed E-state index contributed by atoms with van der Waals surface area (Å²) in [5, 5.41) is 0. The Balaban J connectivity index is 1.60. The van der Waals surface area contributed by atoms with Crippen LogP contribution in [-0.2, 0) is 19.1 Å². The highest BCUT2D eigenvalue weighted by atomic mass is 16.5. The summed E-state index contributed by atoms with van der Waals surface area (Å²) in [6.45, 7) is 10.7. The van der Waals surface area contributed by atoms with E-state index < -0.39 is 0 Å². The Morgan fingerprint density at radius 3 is 1.27 bits per heavy atom. The van der Waals surface area contributed by atoms with E-state index in [1.54, 1.807) is 13.8 Å². The van der Waals surface area contributed by atoms with Crippen LogP contribution in [0.15, 0.2) is 24.3 Å². The SMILES string of the molecule is C=C(C)C(=O)OC1CCC(CCC2CCC(OC(=O)C(=C)C)CC2)CC1. The van der Waals surface area contributed by atoms with Gasteiger partial charge in [0.25, 0.3) is 0 Å². The maximum atomic E-state index is 11.6. The summed E-state index contributed by atoms with van der Waals surface area (Å²) < 4.78 is 10.9. The van der Waals surface area contributed by atoms with E-state index >= 15 is 0 Å². The van der Waals surface area contributed by atoms with Crippen molar-refractivity contribution < 1.29 is 19.1 Å². The molecule has 0 aromatic rings. The summed E-state index contributed by atoms with van der Waals surface area (Å²) in [6, 6.07) is 0. The Labute approximate surface area is 158 Å². The van der Waals surface area contributed by atoms with Crippen molar-refractivity contribution in [1.82, 2.24) is 0 Å². The van der Waals surface area contributed by atoms with Crippen LogP contribution in [0.3, 0.4) is 0 Å². The lowest BCUT2D eigenvalue weighted by Gasteiger charge is -2.31. The molecule has 2 saturated carbocycles. The van der Waals surface area contributed by atoms with Gasteiger partial charge in [-0.1, -0.05) is 26.0 Å². The largest absolute Gasteiger partial charge is 0.459 e. The van der Waals surface area contributed by atoms with Gasteiger partial charge in [0.05, 0.1) is 0 Å². The van der Waals surface area contributed by atoms with E-state index in [4.69, 9.17) is 9.47 Å². The van der Waals surface area contributed by atoms with Crippen LogP contribution < -0.4 is 0 Å². The predicted molar refractivity (Wildman–Crippen MR) is 103 cm³/mol. The molecule has 0 aromatic carbocycles. The highest BCUT2D eigenvalue weighted by Gasteiger charge is 2.27. The molecule has 2 aliphatic carbocycles. The van der Waals surface area contributed by atoms with Crippen molar-refractivity contribution in [2.75, 3.05) is 0 Å². The molecule has 2 rings (SSSR count). The molecular weight excluding hydrogens is 328 g/mol. The molecule has 0 spiro atoms. The fraction of sp³-hybridized carbons (Fsp3) is 0.727. The van der Waals surface area contributed by atoms with Crippen LogP contribution in [0.4, 0.5) is 0 Å². The van der Waals surface area contributed by atoms with E-state index in [2.05, 4.69) is 13.2 Å². The first-order chi connectivity index (χ1) is 12.3. The molecule has 4 heteroatoms. The molecule has 26 heavy (non-hydrogen) atoms. The monoisotopic (exact) mass is 362 g/mol. The Morgan fingerprint density at radius 1 is 0.692 bits per heavy atom. The van der Waals surface area contributed by atoms with Gasteiger partial charge >= 0.3 is 11.9 Å². The van der Waals surface area contributed by atoms with E-state index in [0.29, 0.717) is 11.1 Å². The smallest absolute Gasteiger partial charge is 0.333 e. The van der Waals surface area contributed by atoms with Crippen LogP contribution >= 0.6 is 0 Å². The third-order valence-electron chi connectivity index (χ3n) is 5.82. The summed E-state index contributed by atoms with van der Waals surface area (Å²) in [6.07, 6.45) is 11.2. The van der Waals surface area contributed by atoms with Gasteiger partial charge in [-0.3, -0.25) is 0 Å². The van der Waals surface area contributed by atoms with Crippen molar-refractivity contribution in [2.45, 2.75) is 90.3 Å². The molecule has 0 atom stereocenters. The fourth-order valence-corrected chi connectivity index (χ4v) is 4.05. The standard InChI is InChI=1S/C22H34O4/c1-15(2)21(23)25-19-11-7-17(8-12-19)5-6-18-9-13-20(14-10-18)26-22(24)16(3)4/h17-20H,1,3,5-14H2,2,4H3. The molecule has 146 valence electrons. The van der Waals surface area contributed by atoms with Gasteiger partial charge < -0.3 is 9.47 Å². The van der Waals surface area contributed by atoms with Crippen molar-refractivity contribution in [2.24, 2.45) is 11.8 Å². The number of carbonyl (C=O) groups is 2. The number of carbonyl (C=O) groups excluding carboxylic acids is 2. The minimum absolute atomic E-state index is 0.0777. The van der Waals surface area contributed by atoms with Crippen LogP contribution in [-0.4, -0.2) is 24.1 Å². The zero-order chi connectivity index (χ0) is 19.1. The molecule has 0 saturated heterocycles. The maximum Gasteiger partial charge on any atom is 0.333 e. The van der Waals surface area contributed by atoms with Gasteiger partial charge in [0.2, 0.25) is 0 Å². The molecule has 0 heterocycles. The van der Waals surface area contributed by atoms with Gasteiger partial charge in [-0.2, -0.15) is 0 Å². The van der Waals surface area contributed by atoms with Crippen molar-refractivity contribution >= 4 is 11.9 Å². The Hall–Kier alpha value is -1.58. The van der Waals surface area contributed by atoms with Crippen LogP contribution in [0.25, 0.3) is 0 Å². The molecule has 2 aliphatic rings. The molecule has 0 aromatic heterocycles. The van der Waals surface area contributed by atoms with Crippen molar-refractivity contribution in [3.63, 3.8) is 0 Å². The number of esters is 2. The topological polar surface area (TPSA) is 52.6 Å². The fourth-order valence-electron chi connectivity index (χ4n) is 4.05. The van der Waals surface area contributed by atoms with Crippen molar-refractivity contribution in [3.05, 3.63) is 24.3 Å². The molecular formula is C22H34O4. The quantitative estimate of drug-likeness (QED) is 0.466. The van der Waals surface area contributed by atoms with Crippen molar-refractivity contribution in [3.8, 4) is 0 Å². The highest BCUT2D eigenvalue weighted by molar-refractivity contribution is 5.87. The van der Waals surface area contributed by atoms with Gasteiger partial charge in [0, 0.05) is 11.1 Å². The zero-order valence-corrected chi connectivity index (χ0v) is 16.4. The van der Waals surface area contributed by atoms with Crippen LogP contribution in [0, 0.1) is 11.8 Å². The molecule has 0 aliphatic heterocycles. The molecule has 2 fully saturated rings. The van der Waals surface area contributed by atoms with Crippen molar-refractivity contribution in [1.29, 1.82) is 0 Å². The lowest BCUT2D eigenvalue weighted by Crippen LogP contribution is -2.26. The number of rotatable bonds is 7. The van der Waals surface area contributed by atoms with Gasteiger partial charge in [-0.25, -0.2) is 9.59 Å². The summed E-state index contributed by atoms with van der Waals surface area (Å²) in [5.41, 5.74) is 0.966. The number of hydrogen-bond acceptors (Lipinski definition) is 4. The molecule has 0 radical (unpaired) electrons. The lowest BCUT2D eigenvalue weighted by atomic mass is 9.79. The third kappa shape index (κ3) is 6.62. The highest BCUT2D eigenvalue weighted by Crippen LogP contribution is 2.35. The number of ether oxygens (including phenoxy) is 2.